The van der Waals surface area contributed by atoms with Crippen LogP contribution in [0.1, 0.15) is 40.5 Å². The van der Waals surface area contributed by atoms with Crippen LogP contribution in [0.3, 0.4) is 0 Å². The third kappa shape index (κ3) is 5.86. The molecule has 0 aromatic rings. The van der Waals surface area contributed by atoms with E-state index in [2.05, 4.69) is 5.32 Å². The average Bonchev–Trinajstić information content (AvgIpc) is 3.05. The highest BCUT2D eigenvalue weighted by atomic mass is 16.8. The first-order chi connectivity index (χ1) is 12.8. The molecule has 2 aliphatic heterocycles. The molecule has 0 unspecified atom stereocenters. The zero-order chi connectivity index (χ0) is 20.0. The molecule has 2 heterocycles. The van der Waals surface area contributed by atoms with Gasteiger partial charge in [-0.15, -0.1) is 0 Å². The van der Waals surface area contributed by atoms with Gasteiger partial charge >= 0.3 is 11.9 Å². The lowest BCUT2D eigenvalue weighted by atomic mass is 10.0. The first-order valence-corrected chi connectivity index (χ1v) is 9.39. The Kier molecular flexibility index (Phi) is 7.99. The number of carbonyl (C=O) groups excluding carboxylic acids is 2. The van der Waals surface area contributed by atoms with Crippen LogP contribution in [0.15, 0.2) is 0 Å². The van der Waals surface area contributed by atoms with Crippen LogP contribution in [0.25, 0.3) is 0 Å². The van der Waals surface area contributed by atoms with Gasteiger partial charge in [0, 0.05) is 19.7 Å². The Morgan fingerprint density at radius 2 is 1.78 bits per heavy atom. The van der Waals surface area contributed by atoms with Crippen molar-refractivity contribution in [1.29, 1.82) is 0 Å². The summed E-state index contributed by atoms with van der Waals surface area (Å²) >= 11 is 0. The van der Waals surface area contributed by atoms with Crippen molar-refractivity contribution in [1.82, 2.24) is 5.32 Å². The lowest BCUT2D eigenvalue weighted by molar-refractivity contribution is -0.220. The SMILES string of the molecule is CCOC(=O)CCN[C@H](CC(=O)OCC)[C@H]1O[C@@H]2OC(C)(C)O[C@@H]2[C@H]1OC. The molecule has 0 amide bonds. The Bertz CT molecular complexity index is 512. The van der Waals surface area contributed by atoms with E-state index in [1.807, 2.05) is 13.8 Å². The Hall–Kier alpha value is -1.26. The molecule has 156 valence electrons. The molecule has 0 aromatic heterocycles. The van der Waals surface area contributed by atoms with Crippen LogP contribution in [-0.2, 0) is 38.0 Å². The summed E-state index contributed by atoms with van der Waals surface area (Å²) in [6, 6.07) is -0.427. The van der Waals surface area contributed by atoms with Crippen LogP contribution >= 0.6 is 0 Å². The van der Waals surface area contributed by atoms with Gasteiger partial charge in [-0.2, -0.15) is 0 Å². The molecule has 0 spiro atoms. The summed E-state index contributed by atoms with van der Waals surface area (Å²) < 4.78 is 33.3. The average molecular weight is 389 g/mol. The topological polar surface area (TPSA) is 102 Å². The highest BCUT2D eigenvalue weighted by Gasteiger charge is 2.56. The van der Waals surface area contributed by atoms with E-state index in [0.717, 1.165) is 0 Å². The summed E-state index contributed by atoms with van der Waals surface area (Å²) in [6.07, 6.45) is -1.63. The summed E-state index contributed by atoms with van der Waals surface area (Å²) in [5, 5.41) is 3.20. The molecule has 5 atom stereocenters. The van der Waals surface area contributed by atoms with Crippen LogP contribution < -0.4 is 5.32 Å². The molecule has 27 heavy (non-hydrogen) atoms. The minimum absolute atomic E-state index is 0.0734. The highest BCUT2D eigenvalue weighted by Crippen LogP contribution is 2.39. The van der Waals surface area contributed by atoms with Gasteiger partial charge in [-0.25, -0.2) is 0 Å². The molecule has 0 radical (unpaired) electrons. The Morgan fingerprint density at radius 1 is 1.11 bits per heavy atom. The van der Waals surface area contributed by atoms with Crippen molar-refractivity contribution in [3.05, 3.63) is 0 Å². The molecule has 0 bridgehead atoms. The van der Waals surface area contributed by atoms with Gasteiger partial charge in [-0.1, -0.05) is 0 Å². The summed E-state index contributed by atoms with van der Waals surface area (Å²) in [4.78, 5) is 23.6. The summed E-state index contributed by atoms with van der Waals surface area (Å²) in [5.74, 6) is -1.42. The third-order valence-corrected chi connectivity index (χ3v) is 4.43. The molecule has 0 saturated carbocycles. The monoisotopic (exact) mass is 389 g/mol. The largest absolute Gasteiger partial charge is 0.466 e. The molecule has 2 saturated heterocycles. The van der Waals surface area contributed by atoms with Gasteiger partial charge in [0.1, 0.15) is 18.3 Å². The molecule has 0 aromatic carbocycles. The Morgan fingerprint density at radius 3 is 2.41 bits per heavy atom. The lowest BCUT2D eigenvalue weighted by Gasteiger charge is -2.30. The van der Waals surface area contributed by atoms with Crippen molar-refractivity contribution < 1.29 is 38.0 Å². The van der Waals surface area contributed by atoms with E-state index < -0.39 is 36.4 Å². The van der Waals surface area contributed by atoms with Crippen molar-refractivity contribution in [3.8, 4) is 0 Å². The molecule has 9 heteroatoms. The van der Waals surface area contributed by atoms with Crippen molar-refractivity contribution >= 4 is 11.9 Å². The van der Waals surface area contributed by atoms with Gasteiger partial charge in [0.25, 0.3) is 0 Å². The Labute approximate surface area is 159 Å². The van der Waals surface area contributed by atoms with E-state index in [1.165, 1.54) is 0 Å². The predicted octanol–water partition coefficient (Wildman–Crippen LogP) is 0.742. The smallest absolute Gasteiger partial charge is 0.307 e. The van der Waals surface area contributed by atoms with E-state index in [-0.39, 0.29) is 24.8 Å². The molecule has 1 N–H and O–H groups in total. The molecule has 0 aliphatic carbocycles. The van der Waals surface area contributed by atoms with Gasteiger partial charge in [-0.3, -0.25) is 9.59 Å². The van der Waals surface area contributed by atoms with Gasteiger partial charge in [0.2, 0.25) is 0 Å². The summed E-state index contributed by atoms with van der Waals surface area (Å²) in [7, 11) is 1.57. The fourth-order valence-electron chi connectivity index (χ4n) is 3.39. The minimum atomic E-state index is -0.759. The number of ether oxygens (including phenoxy) is 6. The predicted molar refractivity (Wildman–Crippen MR) is 93.8 cm³/mol. The van der Waals surface area contributed by atoms with Gasteiger partial charge < -0.3 is 33.7 Å². The van der Waals surface area contributed by atoms with Crippen molar-refractivity contribution in [2.45, 2.75) is 77.0 Å². The van der Waals surface area contributed by atoms with Crippen molar-refractivity contribution in [2.24, 2.45) is 0 Å². The van der Waals surface area contributed by atoms with E-state index in [0.29, 0.717) is 19.8 Å². The minimum Gasteiger partial charge on any atom is -0.466 e. The quantitative estimate of drug-likeness (QED) is 0.542. The normalized spacial score (nSPS) is 30.0. The van der Waals surface area contributed by atoms with Gasteiger partial charge in [-0.05, 0) is 27.7 Å². The molecule has 2 fully saturated rings. The second-order valence-corrected chi connectivity index (χ2v) is 6.89. The number of esters is 2. The maximum Gasteiger partial charge on any atom is 0.307 e. The highest BCUT2D eigenvalue weighted by molar-refractivity contribution is 5.70. The van der Waals surface area contributed by atoms with E-state index in [1.54, 1.807) is 21.0 Å². The second kappa shape index (κ2) is 9.79. The van der Waals surface area contributed by atoms with E-state index in [4.69, 9.17) is 28.4 Å². The maximum absolute atomic E-state index is 12.0. The fraction of sp³-hybridized carbons (Fsp3) is 0.889. The number of methoxy groups -OCH3 is 1. The van der Waals surface area contributed by atoms with Crippen LogP contribution in [0.5, 0.6) is 0 Å². The van der Waals surface area contributed by atoms with Gasteiger partial charge in [0.05, 0.1) is 26.1 Å². The number of hydrogen-bond acceptors (Lipinski definition) is 9. The molecular weight excluding hydrogens is 358 g/mol. The molecule has 2 aliphatic rings. The fourth-order valence-corrected chi connectivity index (χ4v) is 3.39. The standard InChI is InChI=1S/C18H31NO8/c1-6-23-12(20)8-9-19-11(10-13(21)24-7-2)14-15(22-5)16-17(25-14)27-18(3,4)26-16/h11,14-17,19H,6-10H2,1-5H3/t11-,14-,15+,16-,17-/m1/s1. The molecule has 2 rings (SSSR count). The van der Waals surface area contributed by atoms with Crippen molar-refractivity contribution in [2.75, 3.05) is 26.9 Å². The first-order valence-electron chi connectivity index (χ1n) is 9.39. The van der Waals surface area contributed by atoms with Crippen LogP contribution in [-0.4, -0.2) is 75.2 Å². The first kappa shape index (κ1) is 22.0. The summed E-state index contributed by atoms with van der Waals surface area (Å²) in [5.41, 5.74) is 0. The number of nitrogens with one attached hydrogen (secondary N) is 1. The number of rotatable bonds is 10. The van der Waals surface area contributed by atoms with Crippen LogP contribution in [0.4, 0.5) is 0 Å². The van der Waals surface area contributed by atoms with Crippen molar-refractivity contribution in [3.63, 3.8) is 0 Å². The van der Waals surface area contributed by atoms with E-state index >= 15 is 0 Å². The Balaban J connectivity index is 2.03. The number of hydrogen-bond donors (Lipinski definition) is 1. The molecule has 9 nitrogen and oxygen atoms in total. The lowest BCUT2D eigenvalue weighted by Crippen LogP contribution is -2.50. The zero-order valence-electron chi connectivity index (χ0n) is 16.7. The third-order valence-electron chi connectivity index (χ3n) is 4.43. The van der Waals surface area contributed by atoms with Crippen LogP contribution in [0, 0.1) is 0 Å². The maximum atomic E-state index is 12.0. The zero-order valence-corrected chi connectivity index (χ0v) is 16.7. The second-order valence-electron chi connectivity index (χ2n) is 6.89. The summed E-state index contributed by atoms with van der Waals surface area (Å²) in [6.45, 7) is 8.08. The molecular formula is C18H31NO8. The number of fused-ring (bicyclic) bond motifs is 1. The number of carbonyl (C=O) groups is 2. The van der Waals surface area contributed by atoms with Gasteiger partial charge in [0.15, 0.2) is 12.1 Å². The van der Waals surface area contributed by atoms with Crippen LogP contribution in [0.2, 0.25) is 0 Å². The van der Waals surface area contributed by atoms with E-state index in [9.17, 15) is 9.59 Å².